The van der Waals surface area contributed by atoms with E-state index in [0.717, 1.165) is 0 Å². The summed E-state index contributed by atoms with van der Waals surface area (Å²) in [6.07, 6.45) is -1.01. The Morgan fingerprint density at radius 2 is 1.97 bits per heavy atom. The second-order valence-corrected chi connectivity index (χ2v) is 8.76. The van der Waals surface area contributed by atoms with Crippen LogP contribution in [0.3, 0.4) is 0 Å². The standard InChI is InChI=1S/C19H22Cl2N2O5S/c1-3-23-29(26,27)14-8-7-12(2)15(9-14)19(25)22-10-13(24)11-28-17-6-4-5-16(20)18(17)21/h4-9,13,23-24H,3,10-11H2,1-2H3,(H,22,25). The van der Waals surface area contributed by atoms with E-state index in [1.807, 2.05) is 0 Å². The minimum absolute atomic E-state index is 0.00502. The Morgan fingerprint density at radius 1 is 1.24 bits per heavy atom. The summed E-state index contributed by atoms with van der Waals surface area (Å²) in [5.41, 5.74) is 0.810. The first kappa shape index (κ1) is 23.4. The second kappa shape index (κ2) is 10.3. The molecule has 0 fully saturated rings. The smallest absolute Gasteiger partial charge is 0.251 e. The van der Waals surface area contributed by atoms with Crippen LogP contribution in [0.5, 0.6) is 5.75 Å². The topological polar surface area (TPSA) is 105 Å². The molecular weight excluding hydrogens is 439 g/mol. The highest BCUT2D eigenvalue weighted by molar-refractivity contribution is 7.89. The van der Waals surface area contributed by atoms with Gasteiger partial charge in [-0.15, -0.1) is 0 Å². The van der Waals surface area contributed by atoms with Gasteiger partial charge in [-0.2, -0.15) is 0 Å². The van der Waals surface area contributed by atoms with Gasteiger partial charge in [-0.1, -0.05) is 42.3 Å². The van der Waals surface area contributed by atoms with Crippen LogP contribution in [0.15, 0.2) is 41.3 Å². The molecule has 0 saturated carbocycles. The monoisotopic (exact) mass is 460 g/mol. The predicted molar refractivity (Wildman–Crippen MR) is 112 cm³/mol. The van der Waals surface area contributed by atoms with E-state index in [2.05, 4.69) is 10.0 Å². The molecule has 3 N–H and O–H groups in total. The van der Waals surface area contributed by atoms with Gasteiger partial charge in [0.25, 0.3) is 5.91 Å². The SMILES string of the molecule is CCNS(=O)(=O)c1ccc(C)c(C(=O)NCC(O)COc2cccc(Cl)c2Cl)c1. The fourth-order valence-corrected chi connectivity index (χ4v) is 3.85. The van der Waals surface area contributed by atoms with Crippen molar-refractivity contribution in [2.24, 2.45) is 0 Å². The first-order valence-electron chi connectivity index (χ1n) is 8.79. The van der Waals surface area contributed by atoms with Crippen LogP contribution < -0.4 is 14.8 Å². The number of benzene rings is 2. The largest absolute Gasteiger partial charge is 0.489 e. The Morgan fingerprint density at radius 3 is 2.66 bits per heavy atom. The lowest BCUT2D eigenvalue weighted by Gasteiger charge is -2.15. The molecule has 1 unspecified atom stereocenters. The number of amides is 1. The molecule has 0 spiro atoms. The summed E-state index contributed by atoms with van der Waals surface area (Å²) in [6, 6.07) is 9.17. The Balaban J connectivity index is 1.99. The Kier molecular flexibility index (Phi) is 8.30. The normalized spacial score (nSPS) is 12.4. The summed E-state index contributed by atoms with van der Waals surface area (Å²) < 4.78 is 32.1. The Labute approximate surface area is 180 Å². The van der Waals surface area contributed by atoms with Crippen LogP contribution in [-0.4, -0.2) is 45.2 Å². The van der Waals surface area contributed by atoms with Crippen molar-refractivity contribution in [1.29, 1.82) is 0 Å². The highest BCUT2D eigenvalue weighted by atomic mass is 35.5. The van der Waals surface area contributed by atoms with Crippen LogP contribution in [0, 0.1) is 6.92 Å². The summed E-state index contributed by atoms with van der Waals surface area (Å²) in [6.45, 7) is 3.38. The van der Waals surface area contributed by atoms with Crippen LogP contribution in [0.2, 0.25) is 10.0 Å². The second-order valence-electron chi connectivity index (χ2n) is 6.20. The van der Waals surface area contributed by atoms with Crippen LogP contribution >= 0.6 is 23.2 Å². The molecule has 0 aliphatic heterocycles. The first-order valence-corrected chi connectivity index (χ1v) is 11.0. The Hall–Kier alpha value is -1.84. The van der Waals surface area contributed by atoms with E-state index < -0.39 is 22.0 Å². The van der Waals surface area contributed by atoms with Crippen LogP contribution in [0.4, 0.5) is 0 Å². The van der Waals surface area contributed by atoms with Crippen molar-refractivity contribution >= 4 is 39.1 Å². The van der Waals surface area contributed by atoms with E-state index in [1.165, 1.54) is 12.1 Å². The minimum atomic E-state index is -3.68. The molecule has 0 saturated heterocycles. The third-order valence-electron chi connectivity index (χ3n) is 3.94. The molecular formula is C19H22Cl2N2O5S. The molecule has 1 amide bonds. The molecule has 0 radical (unpaired) electrons. The highest BCUT2D eigenvalue weighted by Gasteiger charge is 2.18. The van der Waals surface area contributed by atoms with Gasteiger partial charge in [0.2, 0.25) is 10.0 Å². The van der Waals surface area contributed by atoms with Gasteiger partial charge in [-0.3, -0.25) is 4.79 Å². The maximum absolute atomic E-state index is 12.5. The van der Waals surface area contributed by atoms with Crippen LogP contribution in [0.1, 0.15) is 22.8 Å². The number of hydrogen-bond donors (Lipinski definition) is 3. The van der Waals surface area contributed by atoms with E-state index in [0.29, 0.717) is 16.3 Å². The van der Waals surface area contributed by atoms with Gasteiger partial charge in [0.1, 0.15) is 23.5 Å². The average molecular weight is 461 g/mol. The molecule has 158 valence electrons. The first-order chi connectivity index (χ1) is 13.7. The maximum atomic E-state index is 12.5. The van der Waals surface area contributed by atoms with Gasteiger partial charge in [-0.05, 0) is 36.8 Å². The predicted octanol–water partition coefficient (Wildman–Crippen LogP) is 2.77. The van der Waals surface area contributed by atoms with Crippen molar-refractivity contribution in [3.8, 4) is 5.75 Å². The van der Waals surface area contributed by atoms with Gasteiger partial charge in [0.05, 0.1) is 9.92 Å². The molecule has 2 aromatic carbocycles. The minimum Gasteiger partial charge on any atom is -0.489 e. The Bertz CT molecular complexity index is 983. The summed E-state index contributed by atoms with van der Waals surface area (Å²) in [5.74, 6) is -0.183. The molecule has 2 rings (SSSR count). The highest BCUT2D eigenvalue weighted by Crippen LogP contribution is 2.31. The van der Waals surface area contributed by atoms with Crippen molar-refractivity contribution in [2.45, 2.75) is 24.8 Å². The molecule has 0 bridgehead atoms. The molecule has 1 atom stereocenters. The lowest BCUT2D eigenvalue weighted by atomic mass is 10.1. The quantitative estimate of drug-likeness (QED) is 0.533. The number of carbonyl (C=O) groups is 1. The zero-order valence-corrected chi connectivity index (χ0v) is 18.2. The molecule has 0 aromatic heterocycles. The zero-order chi connectivity index (χ0) is 21.6. The van der Waals surface area contributed by atoms with Gasteiger partial charge in [0.15, 0.2) is 0 Å². The van der Waals surface area contributed by atoms with Crippen molar-refractivity contribution < 1.29 is 23.1 Å². The molecule has 0 aliphatic rings. The summed E-state index contributed by atoms with van der Waals surface area (Å²) in [4.78, 5) is 12.5. The molecule has 7 nitrogen and oxygen atoms in total. The molecule has 29 heavy (non-hydrogen) atoms. The van der Waals surface area contributed by atoms with Crippen molar-refractivity contribution in [1.82, 2.24) is 10.0 Å². The van der Waals surface area contributed by atoms with E-state index in [-0.39, 0.29) is 35.2 Å². The number of hydrogen-bond acceptors (Lipinski definition) is 5. The molecule has 10 heteroatoms. The van der Waals surface area contributed by atoms with Gasteiger partial charge in [-0.25, -0.2) is 13.1 Å². The molecule has 0 aliphatic carbocycles. The van der Waals surface area contributed by atoms with Crippen molar-refractivity contribution in [2.75, 3.05) is 19.7 Å². The van der Waals surface area contributed by atoms with Gasteiger partial charge >= 0.3 is 0 Å². The molecule has 0 heterocycles. The summed E-state index contributed by atoms with van der Waals surface area (Å²) in [7, 11) is -3.68. The number of nitrogens with one attached hydrogen (secondary N) is 2. The fourth-order valence-electron chi connectivity index (χ4n) is 2.43. The zero-order valence-electron chi connectivity index (χ0n) is 15.9. The van der Waals surface area contributed by atoms with E-state index >= 15 is 0 Å². The number of ether oxygens (including phenoxy) is 1. The number of aliphatic hydroxyl groups is 1. The number of sulfonamides is 1. The third-order valence-corrected chi connectivity index (χ3v) is 6.29. The number of aryl methyl sites for hydroxylation is 1. The van der Waals surface area contributed by atoms with Crippen molar-refractivity contribution in [3.05, 3.63) is 57.6 Å². The summed E-state index contributed by atoms with van der Waals surface area (Å²) >= 11 is 11.9. The summed E-state index contributed by atoms with van der Waals surface area (Å²) in [5, 5.41) is 13.2. The average Bonchev–Trinajstić information content (AvgIpc) is 2.67. The van der Waals surface area contributed by atoms with Gasteiger partial charge < -0.3 is 15.2 Å². The van der Waals surface area contributed by atoms with Crippen molar-refractivity contribution in [3.63, 3.8) is 0 Å². The van der Waals surface area contributed by atoms with Gasteiger partial charge in [0, 0.05) is 18.7 Å². The number of carbonyl (C=O) groups excluding carboxylic acids is 1. The number of halogens is 2. The lowest BCUT2D eigenvalue weighted by Crippen LogP contribution is -2.35. The fraction of sp³-hybridized carbons (Fsp3) is 0.316. The van der Waals surface area contributed by atoms with Crippen LogP contribution in [0.25, 0.3) is 0 Å². The number of aliphatic hydroxyl groups excluding tert-OH is 1. The number of rotatable bonds is 9. The lowest BCUT2D eigenvalue weighted by molar-refractivity contribution is 0.0843. The van der Waals surface area contributed by atoms with E-state index in [1.54, 1.807) is 38.1 Å². The molecule has 2 aromatic rings. The van der Waals surface area contributed by atoms with Crippen LogP contribution in [-0.2, 0) is 10.0 Å². The maximum Gasteiger partial charge on any atom is 0.251 e. The van der Waals surface area contributed by atoms with E-state index in [9.17, 15) is 18.3 Å². The third kappa shape index (κ3) is 6.32. The van der Waals surface area contributed by atoms with E-state index in [4.69, 9.17) is 27.9 Å².